The van der Waals surface area contributed by atoms with Crippen LogP contribution in [0.25, 0.3) is 0 Å². The average molecular weight is 309 g/mol. The van der Waals surface area contributed by atoms with E-state index in [4.69, 9.17) is 0 Å². The summed E-state index contributed by atoms with van der Waals surface area (Å²) in [5.74, 6) is 0. The highest BCUT2D eigenvalue weighted by molar-refractivity contribution is 14.1. The predicted molar refractivity (Wildman–Crippen MR) is 61.9 cm³/mol. The molecule has 1 fully saturated rings. The van der Waals surface area contributed by atoms with Crippen molar-refractivity contribution in [3.63, 3.8) is 0 Å². The molecule has 1 N–H and O–H groups in total. The van der Waals surface area contributed by atoms with Crippen LogP contribution >= 0.6 is 33.9 Å². The lowest BCUT2D eigenvalue weighted by Gasteiger charge is -2.18. The van der Waals surface area contributed by atoms with E-state index >= 15 is 0 Å². The molecule has 1 aliphatic rings. The van der Waals surface area contributed by atoms with Crippen molar-refractivity contribution >= 4 is 33.9 Å². The quantitative estimate of drug-likeness (QED) is 0.809. The molecule has 2 rings (SSSR count). The van der Waals surface area contributed by atoms with E-state index in [9.17, 15) is 5.11 Å². The Labute approximate surface area is 95.5 Å². The first-order chi connectivity index (χ1) is 6.12. The summed E-state index contributed by atoms with van der Waals surface area (Å²) < 4.78 is 1.20. The molecule has 0 saturated heterocycles. The van der Waals surface area contributed by atoms with Crippen molar-refractivity contribution in [1.29, 1.82) is 0 Å². The summed E-state index contributed by atoms with van der Waals surface area (Å²) in [5.41, 5.74) is 0.458. The van der Waals surface area contributed by atoms with Crippen LogP contribution in [-0.2, 0) is 5.60 Å². The van der Waals surface area contributed by atoms with Gasteiger partial charge in [-0.25, -0.2) is 4.98 Å². The van der Waals surface area contributed by atoms with Crippen molar-refractivity contribution in [3.05, 3.63) is 13.6 Å². The van der Waals surface area contributed by atoms with E-state index in [1.165, 1.54) is 2.88 Å². The van der Waals surface area contributed by atoms with Crippen LogP contribution in [0.3, 0.4) is 0 Å². The van der Waals surface area contributed by atoms with Crippen LogP contribution in [0.15, 0.2) is 0 Å². The Morgan fingerprint density at radius 2 is 2.08 bits per heavy atom. The van der Waals surface area contributed by atoms with Gasteiger partial charge in [-0.3, -0.25) is 0 Å². The average Bonchev–Trinajstić information content (AvgIpc) is 2.62. The Morgan fingerprint density at radius 3 is 2.54 bits per heavy atom. The molecule has 2 nitrogen and oxygen atoms in total. The molecule has 1 aromatic heterocycles. The Kier molecular flexibility index (Phi) is 2.63. The zero-order valence-corrected chi connectivity index (χ0v) is 10.5. The molecule has 13 heavy (non-hydrogen) atoms. The molecule has 0 radical (unpaired) electrons. The van der Waals surface area contributed by atoms with Crippen molar-refractivity contribution in [3.8, 4) is 0 Å². The Hall–Kier alpha value is 0.320. The first-order valence-corrected chi connectivity index (χ1v) is 6.37. The Morgan fingerprint density at radius 1 is 1.46 bits per heavy atom. The maximum atomic E-state index is 10.2. The van der Waals surface area contributed by atoms with E-state index in [-0.39, 0.29) is 0 Å². The molecule has 72 valence electrons. The van der Waals surface area contributed by atoms with Crippen LogP contribution in [0.2, 0.25) is 0 Å². The number of thiazole rings is 1. The van der Waals surface area contributed by atoms with Gasteiger partial charge in [0.25, 0.3) is 0 Å². The molecule has 1 saturated carbocycles. The fourth-order valence-corrected chi connectivity index (χ4v) is 3.44. The van der Waals surface area contributed by atoms with Crippen molar-refractivity contribution in [1.82, 2.24) is 4.98 Å². The number of halogens is 1. The van der Waals surface area contributed by atoms with Gasteiger partial charge in [0.2, 0.25) is 0 Å². The summed E-state index contributed by atoms with van der Waals surface area (Å²) in [6.07, 6.45) is 4.03. The highest BCUT2D eigenvalue weighted by Crippen LogP contribution is 2.41. The fraction of sp³-hybridized carbons (Fsp3) is 0.667. The second-order valence-electron chi connectivity index (χ2n) is 3.62. The van der Waals surface area contributed by atoms with Gasteiger partial charge in [0.15, 0.2) is 0 Å². The summed E-state index contributed by atoms with van der Waals surface area (Å²) in [6, 6.07) is 0. The van der Waals surface area contributed by atoms with Gasteiger partial charge in [-0.15, -0.1) is 11.3 Å². The number of aliphatic hydroxyl groups is 1. The fourth-order valence-electron chi connectivity index (χ4n) is 1.75. The van der Waals surface area contributed by atoms with Crippen molar-refractivity contribution in [2.75, 3.05) is 0 Å². The van der Waals surface area contributed by atoms with E-state index in [1.54, 1.807) is 11.3 Å². The lowest BCUT2D eigenvalue weighted by Crippen LogP contribution is -2.20. The third-order valence-electron chi connectivity index (χ3n) is 2.57. The molecule has 1 aromatic rings. The summed E-state index contributed by atoms with van der Waals surface area (Å²) in [5, 5.41) is 11.2. The lowest BCUT2D eigenvalue weighted by atomic mass is 10.0. The number of nitrogens with zero attached hydrogens (tertiary/aromatic N) is 1. The van der Waals surface area contributed by atoms with Crippen LogP contribution < -0.4 is 0 Å². The summed E-state index contributed by atoms with van der Waals surface area (Å²) in [6.45, 7) is 2.00. The molecule has 0 spiro atoms. The first-order valence-electron chi connectivity index (χ1n) is 4.48. The van der Waals surface area contributed by atoms with Crippen LogP contribution in [-0.4, -0.2) is 10.1 Å². The van der Waals surface area contributed by atoms with Crippen LogP contribution in [0.4, 0.5) is 0 Å². The number of aryl methyl sites for hydroxylation is 1. The highest BCUT2D eigenvalue weighted by atomic mass is 127. The zero-order valence-electron chi connectivity index (χ0n) is 7.51. The number of rotatable bonds is 1. The molecule has 0 amide bonds. The molecule has 0 aliphatic heterocycles. The smallest absolute Gasteiger partial charge is 0.126 e. The lowest BCUT2D eigenvalue weighted by molar-refractivity contribution is 0.0441. The standard InChI is InChI=1S/C9H12INOS/c1-6-7(10)13-8(11-6)9(12)4-2-3-5-9/h12H,2-5H2,1H3. The third-order valence-corrected chi connectivity index (χ3v) is 5.15. The van der Waals surface area contributed by atoms with Gasteiger partial charge in [-0.05, 0) is 42.4 Å². The van der Waals surface area contributed by atoms with Gasteiger partial charge in [0.05, 0.1) is 8.58 Å². The largest absolute Gasteiger partial charge is 0.383 e. The van der Waals surface area contributed by atoms with Gasteiger partial charge >= 0.3 is 0 Å². The minimum atomic E-state index is -0.598. The van der Waals surface area contributed by atoms with E-state index < -0.39 is 5.60 Å². The first kappa shape index (κ1) is 9.86. The summed E-state index contributed by atoms with van der Waals surface area (Å²) in [7, 11) is 0. The van der Waals surface area contributed by atoms with Crippen molar-refractivity contribution in [2.24, 2.45) is 0 Å². The zero-order chi connectivity index (χ0) is 9.47. The molecule has 1 heterocycles. The summed E-state index contributed by atoms with van der Waals surface area (Å²) >= 11 is 3.92. The van der Waals surface area contributed by atoms with E-state index in [1.807, 2.05) is 6.92 Å². The van der Waals surface area contributed by atoms with Gasteiger partial charge in [-0.2, -0.15) is 0 Å². The topological polar surface area (TPSA) is 33.1 Å². The molecular formula is C9H12INOS. The minimum absolute atomic E-state index is 0.598. The number of hydrogen-bond acceptors (Lipinski definition) is 3. The van der Waals surface area contributed by atoms with E-state index in [0.29, 0.717) is 0 Å². The van der Waals surface area contributed by atoms with Gasteiger partial charge in [0.1, 0.15) is 10.6 Å². The highest BCUT2D eigenvalue weighted by Gasteiger charge is 2.36. The molecule has 0 unspecified atom stereocenters. The molecule has 0 aromatic carbocycles. The maximum Gasteiger partial charge on any atom is 0.126 e. The number of aromatic nitrogens is 1. The second kappa shape index (κ2) is 3.47. The Balaban J connectivity index is 2.34. The van der Waals surface area contributed by atoms with Crippen LogP contribution in [0.1, 0.15) is 36.4 Å². The van der Waals surface area contributed by atoms with Crippen molar-refractivity contribution < 1.29 is 5.11 Å². The van der Waals surface area contributed by atoms with Gasteiger partial charge in [-0.1, -0.05) is 12.8 Å². The Bertz CT molecular complexity index is 298. The monoisotopic (exact) mass is 309 g/mol. The van der Waals surface area contributed by atoms with Crippen LogP contribution in [0, 0.1) is 9.81 Å². The minimum Gasteiger partial charge on any atom is -0.383 e. The molecule has 4 heteroatoms. The van der Waals surface area contributed by atoms with Crippen molar-refractivity contribution in [2.45, 2.75) is 38.2 Å². The molecule has 1 aliphatic carbocycles. The molecule has 0 bridgehead atoms. The normalized spacial score (nSPS) is 20.8. The molecular weight excluding hydrogens is 297 g/mol. The predicted octanol–water partition coefficient (Wildman–Crippen LogP) is 2.82. The molecule has 0 atom stereocenters. The summed E-state index contributed by atoms with van der Waals surface area (Å²) in [4.78, 5) is 4.42. The maximum absolute atomic E-state index is 10.2. The van der Waals surface area contributed by atoms with E-state index in [2.05, 4.69) is 27.6 Å². The van der Waals surface area contributed by atoms with Gasteiger partial charge in [0, 0.05) is 0 Å². The second-order valence-corrected chi connectivity index (χ2v) is 6.43. The van der Waals surface area contributed by atoms with E-state index in [0.717, 1.165) is 36.4 Å². The van der Waals surface area contributed by atoms with Gasteiger partial charge < -0.3 is 5.11 Å². The third kappa shape index (κ3) is 1.76. The van der Waals surface area contributed by atoms with Crippen LogP contribution in [0.5, 0.6) is 0 Å². The SMILES string of the molecule is Cc1nc(C2(O)CCCC2)sc1I. The number of hydrogen-bond donors (Lipinski definition) is 1.